The van der Waals surface area contributed by atoms with E-state index in [1.54, 1.807) is 6.07 Å². The number of hydrogen-bond acceptors (Lipinski definition) is 3. The van der Waals surface area contributed by atoms with Gasteiger partial charge in [-0.2, -0.15) is 0 Å². The number of phenolic OH excluding ortho intramolecular Hbond substituents is 1. The van der Waals surface area contributed by atoms with Crippen molar-refractivity contribution in [1.29, 1.82) is 0 Å². The molecule has 2 N–H and O–H groups in total. The first-order chi connectivity index (χ1) is 8.78. The number of phenols is 1. The minimum absolute atomic E-state index is 0.366. The molecule has 0 aromatic heterocycles. The average Bonchev–Trinajstić information content (AvgIpc) is 2.55. The van der Waals surface area contributed by atoms with Crippen LogP contribution in [0.5, 0.6) is 5.75 Å². The van der Waals surface area contributed by atoms with Gasteiger partial charge in [0.2, 0.25) is 0 Å². The maximum absolute atomic E-state index is 9.50. The number of benzene rings is 1. The molecule has 2 rings (SSSR count). The lowest BCUT2D eigenvalue weighted by atomic mass is 10.1. The number of hydrogen-bond donors (Lipinski definition) is 2. The summed E-state index contributed by atoms with van der Waals surface area (Å²) >= 11 is 0. The summed E-state index contributed by atoms with van der Waals surface area (Å²) in [6.07, 6.45) is 3.69. The van der Waals surface area contributed by atoms with Crippen LogP contribution in [-0.2, 0) is 6.54 Å². The van der Waals surface area contributed by atoms with Gasteiger partial charge >= 0.3 is 0 Å². The highest BCUT2D eigenvalue weighted by atomic mass is 16.3. The Bertz CT molecular complexity index is 367. The van der Waals surface area contributed by atoms with Gasteiger partial charge in [-0.05, 0) is 43.6 Å². The van der Waals surface area contributed by atoms with Crippen molar-refractivity contribution in [1.82, 2.24) is 10.2 Å². The van der Waals surface area contributed by atoms with Crippen molar-refractivity contribution in [2.24, 2.45) is 0 Å². The smallest absolute Gasteiger partial charge is 0.115 e. The van der Waals surface area contributed by atoms with Gasteiger partial charge in [-0.3, -0.25) is 4.90 Å². The average molecular weight is 248 g/mol. The van der Waals surface area contributed by atoms with Crippen molar-refractivity contribution >= 4 is 0 Å². The number of nitrogens with one attached hydrogen (secondary N) is 1. The molecule has 3 heteroatoms. The Morgan fingerprint density at radius 2 is 2.33 bits per heavy atom. The van der Waals surface area contributed by atoms with Crippen LogP contribution in [0, 0.1) is 0 Å². The van der Waals surface area contributed by atoms with Crippen molar-refractivity contribution in [2.45, 2.75) is 38.8 Å². The van der Waals surface area contributed by atoms with Crippen LogP contribution < -0.4 is 5.32 Å². The second-order valence-corrected chi connectivity index (χ2v) is 5.20. The third-order valence-electron chi connectivity index (χ3n) is 3.52. The fourth-order valence-corrected chi connectivity index (χ4v) is 2.67. The van der Waals surface area contributed by atoms with Crippen LogP contribution in [0.2, 0.25) is 0 Å². The molecule has 1 saturated heterocycles. The van der Waals surface area contributed by atoms with Crippen molar-refractivity contribution in [3.05, 3.63) is 29.8 Å². The zero-order chi connectivity index (χ0) is 12.8. The third-order valence-corrected chi connectivity index (χ3v) is 3.52. The first-order valence-corrected chi connectivity index (χ1v) is 7.01. The van der Waals surface area contributed by atoms with Gasteiger partial charge in [0.05, 0.1) is 0 Å². The summed E-state index contributed by atoms with van der Waals surface area (Å²) < 4.78 is 0. The van der Waals surface area contributed by atoms with E-state index in [0.29, 0.717) is 11.8 Å². The monoisotopic (exact) mass is 248 g/mol. The SMILES string of the molecule is CCCC1CN(Cc2cccc(O)c2)CCCN1. The van der Waals surface area contributed by atoms with Gasteiger partial charge in [0, 0.05) is 19.1 Å². The van der Waals surface area contributed by atoms with E-state index in [1.165, 1.54) is 24.8 Å². The molecule has 1 aromatic carbocycles. The van der Waals surface area contributed by atoms with Crippen molar-refractivity contribution in [2.75, 3.05) is 19.6 Å². The number of aromatic hydroxyl groups is 1. The van der Waals surface area contributed by atoms with Crippen LogP contribution in [-0.4, -0.2) is 35.7 Å². The molecule has 1 fully saturated rings. The maximum atomic E-state index is 9.50. The topological polar surface area (TPSA) is 35.5 Å². The van der Waals surface area contributed by atoms with Crippen LogP contribution in [0.25, 0.3) is 0 Å². The van der Waals surface area contributed by atoms with E-state index in [-0.39, 0.29) is 0 Å². The van der Waals surface area contributed by atoms with Gasteiger partial charge in [0.25, 0.3) is 0 Å². The van der Waals surface area contributed by atoms with Crippen LogP contribution in [0.3, 0.4) is 0 Å². The lowest BCUT2D eigenvalue weighted by molar-refractivity contribution is 0.254. The second kappa shape index (κ2) is 6.76. The van der Waals surface area contributed by atoms with E-state index in [0.717, 1.165) is 26.2 Å². The van der Waals surface area contributed by atoms with Gasteiger partial charge in [0.1, 0.15) is 5.75 Å². The van der Waals surface area contributed by atoms with E-state index in [4.69, 9.17) is 0 Å². The third kappa shape index (κ3) is 4.00. The Hall–Kier alpha value is -1.06. The molecule has 0 aliphatic carbocycles. The number of nitrogens with zero attached hydrogens (tertiary/aromatic N) is 1. The molecule has 0 amide bonds. The summed E-state index contributed by atoms with van der Waals surface area (Å²) in [4.78, 5) is 2.50. The van der Waals surface area contributed by atoms with Gasteiger partial charge in [-0.15, -0.1) is 0 Å². The minimum atomic E-state index is 0.366. The second-order valence-electron chi connectivity index (χ2n) is 5.20. The maximum Gasteiger partial charge on any atom is 0.115 e. The zero-order valence-corrected chi connectivity index (χ0v) is 11.2. The molecule has 0 saturated carbocycles. The minimum Gasteiger partial charge on any atom is -0.508 e. The first kappa shape index (κ1) is 13.4. The summed E-state index contributed by atoms with van der Waals surface area (Å²) in [5.41, 5.74) is 1.20. The summed E-state index contributed by atoms with van der Waals surface area (Å²) in [6.45, 7) is 6.57. The lowest BCUT2D eigenvalue weighted by Gasteiger charge is -2.24. The van der Waals surface area contributed by atoms with E-state index < -0.39 is 0 Å². The van der Waals surface area contributed by atoms with Crippen LogP contribution >= 0.6 is 0 Å². The molecule has 1 aliphatic rings. The molecule has 1 unspecified atom stereocenters. The summed E-state index contributed by atoms with van der Waals surface area (Å²) in [7, 11) is 0. The van der Waals surface area contributed by atoms with Gasteiger partial charge in [0.15, 0.2) is 0 Å². The van der Waals surface area contributed by atoms with Crippen LogP contribution in [0.1, 0.15) is 31.7 Å². The Kier molecular flexibility index (Phi) is 5.02. The Labute approximate surface area is 110 Å². The molecule has 3 nitrogen and oxygen atoms in total. The van der Waals surface area contributed by atoms with Crippen LogP contribution in [0.4, 0.5) is 0 Å². The lowest BCUT2D eigenvalue weighted by Crippen LogP contribution is -2.37. The quantitative estimate of drug-likeness (QED) is 0.858. The van der Waals surface area contributed by atoms with Crippen molar-refractivity contribution < 1.29 is 5.11 Å². The molecular formula is C15H24N2O. The molecule has 1 aromatic rings. The number of rotatable bonds is 4. The van der Waals surface area contributed by atoms with Crippen molar-refractivity contribution in [3.8, 4) is 5.75 Å². The molecule has 1 atom stereocenters. The molecule has 0 spiro atoms. The predicted molar refractivity (Wildman–Crippen MR) is 74.7 cm³/mol. The van der Waals surface area contributed by atoms with E-state index in [1.807, 2.05) is 12.1 Å². The summed E-state index contributed by atoms with van der Waals surface area (Å²) in [5, 5.41) is 13.1. The highest BCUT2D eigenvalue weighted by Gasteiger charge is 2.16. The molecule has 18 heavy (non-hydrogen) atoms. The summed E-state index contributed by atoms with van der Waals surface area (Å²) in [5.74, 6) is 0.366. The molecular weight excluding hydrogens is 224 g/mol. The predicted octanol–water partition coefficient (Wildman–Crippen LogP) is 2.36. The highest BCUT2D eigenvalue weighted by Crippen LogP contribution is 2.15. The van der Waals surface area contributed by atoms with Gasteiger partial charge < -0.3 is 10.4 Å². The summed E-state index contributed by atoms with van der Waals surface area (Å²) in [6, 6.07) is 8.23. The Balaban J connectivity index is 1.94. The fourth-order valence-electron chi connectivity index (χ4n) is 2.67. The zero-order valence-electron chi connectivity index (χ0n) is 11.2. The normalized spacial score (nSPS) is 21.7. The van der Waals surface area contributed by atoms with E-state index in [9.17, 15) is 5.11 Å². The molecule has 1 heterocycles. The largest absolute Gasteiger partial charge is 0.508 e. The van der Waals surface area contributed by atoms with E-state index >= 15 is 0 Å². The van der Waals surface area contributed by atoms with Gasteiger partial charge in [-0.1, -0.05) is 25.5 Å². The molecule has 100 valence electrons. The first-order valence-electron chi connectivity index (χ1n) is 7.01. The molecule has 0 bridgehead atoms. The Morgan fingerprint density at radius 3 is 3.11 bits per heavy atom. The Morgan fingerprint density at radius 1 is 1.44 bits per heavy atom. The van der Waals surface area contributed by atoms with Crippen LogP contribution in [0.15, 0.2) is 24.3 Å². The van der Waals surface area contributed by atoms with Crippen molar-refractivity contribution in [3.63, 3.8) is 0 Å². The van der Waals surface area contributed by atoms with Gasteiger partial charge in [-0.25, -0.2) is 0 Å². The molecule has 0 radical (unpaired) electrons. The standard InChI is InChI=1S/C15H24N2O/c1-2-5-14-12-17(9-4-8-16-14)11-13-6-3-7-15(18)10-13/h3,6-7,10,14,16,18H,2,4-5,8-9,11-12H2,1H3. The highest BCUT2D eigenvalue weighted by molar-refractivity contribution is 5.27. The molecule has 1 aliphatic heterocycles. The fraction of sp³-hybridized carbons (Fsp3) is 0.600. The van der Waals surface area contributed by atoms with E-state index in [2.05, 4.69) is 23.2 Å².